The Kier molecular flexibility index (Phi) is 5.40. The molecule has 0 fully saturated rings. The van der Waals surface area contributed by atoms with Crippen molar-refractivity contribution in [3.63, 3.8) is 0 Å². The van der Waals surface area contributed by atoms with Gasteiger partial charge in [-0.05, 0) is 30.3 Å². The summed E-state index contributed by atoms with van der Waals surface area (Å²) in [4.78, 5) is 4.55. The molecule has 0 aliphatic heterocycles. The summed E-state index contributed by atoms with van der Waals surface area (Å²) in [6.45, 7) is 2.12. The molecular weight excluding hydrogens is 336 g/mol. The number of nitrogens with one attached hydrogen (secondary N) is 3. The number of aromatic nitrogens is 1. The molecule has 0 radical (unpaired) electrons. The van der Waals surface area contributed by atoms with Crippen LogP contribution in [0.5, 0.6) is 0 Å². The van der Waals surface area contributed by atoms with Crippen molar-refractivity contribution in [1.29, 1.82) is 0 Å². The van der Waals surface area contributed by atoms with E-state index >= 15 is 0 Å². The number of benzene rings is 2. The van der Waals surface area contributed by atoms with Crippen molar-refractivity contribution in [2.45, 2.75) is 13.3 Å². The maximum absolute atomic E-state index is 5.34. The zero-order valence-electron chi connectivity index (χ0n) is 13.2. The molecule has 0 atom stereocenters. The van der Waals surface area contributed by atoms with Crippen LogP contribution in [0.25, 0.3) is 11.3 Å². The maximum Gasteiger partial charge on any atom is 0.202 e. The molecule has 0 bridgehead atoms. The van der Waals surface area contributed by atoms with Crippen molar-refractivity contribution < 1.29 is 0 Å². The van der Waals surface area contributed by atoms with E-state index in [1.807, 2.05) is 53.9 Å². The van der Waals surface area contributed by atoms with Gasteiger partial charge in [-0.25, -0.2) is 4.98 Å². The molecule has 0 aliphatic rings. The van der Waals surface area contributed by atoms with Gasteiger partial charge in [0.25, 0.3) is 0 Å². The zero-order chi connectivity index (χ0) is 16.8. The van der Waals surface area contributed by atoms with Gasteiger partial charge in [0.15, 0.2) is 5.11 Å². The third-order valence-electron chi connectivity index (χ3n) is 3.50. The summed E-state index contributed by atoms with van der Waals surface area (Å²) in [5.74, 6) is 0. The summed E-state index contributed by atoms with van der Waals surface area (Å²) in [7, 11) is 0. The number of aryl methyl sites for hydroxylation is 1. The van der Waals surface area contributed by atoms with Crippen LogP contribution in [0.4, 0.5) is 10.8 Å². The van der Waals surface area contributed by atoms with Crippen LogP contribution in [0.15, 0.2) is 60.0 Å². The first-order chi connectivity index (χ1) is 11.8. The second-order valence-corrected chi connectivity index (χ2v) is 6.39. The Hall–Kier alpha value is -2.44. The molecule has 4 nitrogen and oxygen atoms in total. The summed E-state index contributed by atoms with van der Waals surface area (Å²) < 4.78 is 0. The van der Waals surface area contributed by atoms with Crippen LogP contribution in [-0.2, 0) is 6.42 Å². The molecule has 0 saturated carbocycles. The van der Waals surface area contributed by atoms with Crippen molar-refractivity contribution in [2.75, 3.05) is 10.7 Å². The van der Waals surface area contributed by atoms with Crippen LogP contribution in [0, 0.1) is 0 Å². The van der Waals surface area contributed by atoms with Crippen molar-refractivity contribution >= 4 is 39.5 Å². The molecule has 0 spiro atoms. The molecule has 0 unspecified atom stereocenters. The van der Waals surface area contributed by atoms with Gasteiger partial charge in [0.05, 0.1) is 5.69 Å². The van der Waals surface area contributed by atoms with Gasteiger partial charge in [-0.15, -0.1) is 11.3 Å². The average molecular weight is 355 g/mol. The van der Waals surface area contributed by atoms with Crippen LogP contribution in [0.3, 0.4) is 0 Å². The van der Waals surface area contributed by atoms with Crippen molar-refractivity contribution in [3.05, 3.63) is 65.5 Å². The van der Waals surface area contributed by atoms with E-state index in [1.54, 1.807) is 0 Å². The monoisotopic (exact) mass is 354 g/mol. The normalized spacial score (nSPS) is 10.2. The minimum Gasteiger partial charge on any atom is -0.331 e. The van der Waals surface area contributed by atoms with Crippen LogP contribution in [0.1, 0.15) is 12.5 Å². The first-order valence-electron chi connectivity index (χ1n) is 7.68. The quantitative estimate of drug-likeness (QED) is 0.458. The predicted octanol–water partition coefficient (Wildman–Crippen LogP) is 4.69. The van der Waals surface area contributed by atoms with E-state index in [-0.39, 0.29) is 0 Å². The number of anilines is 2. The van der Waals surface area contributed by atoms with Gasteiger partial charge in [-0.1, -0.05) is 55.5 Å². The second kappa shape index (κ2) is 7.90. The van der Waals surface area contributed by atoms with Crippen LogP contribution >= 0.6 is 23.6 Å². The topological polar surface area (TPSA) is 49.0 Å². The van der Waals surface area contributed by atoms with E-state index < -0.39 is 0 Å². The standard InChI is InChI=1S/C18H18N4S2/c1-2-13-8-6-7-11-15(13)19-17(23)21-22-18-20-16(12-24-18)14-9-4-3-5-10-14/h3-12H,2H2,1H3,(H,20,22)(H2,19,21,23). The molecule has 3 N–H and O–H groups in total. The van der Waals surface area contributed by atoms with Gasteiger partial charge in [0.2, 0.25) is 5.13 Å². The predicted molar refractivity (Wildman–Crippen MR) is 106 cm³/mol. The van der Waals surface area contributed by atoms with Crippen molar-refractivity contribution in [1.82, 2.24) is 10.4 Å². The third kappa shape index (κ3) is 4.10. The number of hydrazine groups is 1. The first kappa shape index (κ1) is 16.4. The van der Waals surface area contributed by atoms with Crippen LogP contribution in [-0.4, -0.2) is 10.1 Å². The lowest BCUT2D eigenvalue weighted by molar-refractivity contribution is 1.11. The van der Waals surface area contributed by atoms with Crippen LogP contribution < -0.4 is 16.2 Å². The molecule has 6 heteroatoms. The van der Waals surface area contributed by atoms with Gasteiger partial charge in [0.1, 0.15) is 0 Å². The smallest absolute Gasteiger partial charge is 0.202 e. The highest BCUT2D eigenvalue weighted by Crippen LogP contribution is 2.24. The SMILES string of the molecule is CCc1ccccc1NC(=S)NNc1nc(-c2ccccc2)cs1. The summed E-state index contributed by atoms with van der Waals surface area (Å²) in [5, 5.41) is 6.49. The molecule has 1 heterocycles. The number of rotatable bonds is 5. The first-order valence-corrected chi connectivity index (χ1v) is 8.97. The second-order valence-electron chi connectivity index (χ2n) is 5.12. The molecule has 24 heavy (non-hydrogen) atoms. The molecule has 0 amide bonds. The van der Waals surface area contributed by atoms with Crippen molar-refractivity contribution in [2.24, 2.45) is 0 Å². The highest BCUT2D eigenvalue weighted by molar-refractivity contribution is 7.80. The minimum absolute atomic E-state index is 0.507. The van der Waals surface area contributed by atoms with E-state index in [0.29, 0.717) is 5.11 Å². The Morgan fingerprint density at radius 3 is 2.62 bits per heavy atom. The molecule has 0 saturated heterocycles. The van der Waals surface area contributed by atoms with E-state index in [2.05, 4.69) is 34.1 Å². The average Bonchev–Trinajstić information content (AvgIpc) is 3.10. The van der Waals surface area contributed by atoms with Crippen molar-refractivity contribution in [3.8, 4) is 11.3 Å². The lowest BCUT2D eigenvalue weighted by Crippen LogP contribution is -2.33. The van der Waals surface area contributed by atoms with Crippen LogP contribution in [0.2, 0.25) is 0 Å². The Labute approximate surface area is 150 Å². The van der Waals surface area contributed by atoms with Gasteiger partial charge in [-0.3, -0.25) is 10.9 Å². The lowest BCUT2D eigenvalue weighted by Gasteiger charge is -2.13. The summed E-state index contributed by atoms with van der Waals surface area (Å²) in [6.07, 6.45) is 0.951. The number of hydrogen-bond donors (Lipinski definition) is 3. The fourth-order valence-corrected chi connectivity index (χ4v) is 3.12. The molecule has 3 aromatic rings. The molecule has 122 valence electrons. The molecule has 3 rings (SSSR count). The summed E-state index contributed by atoms with van der Waals surface area (Å²) in [5.41, 5.74) is 10.3. The molecule has 2 aromatic carbocycles. The maximum atomic E-state index is 5.34. The number of para-hydroxylation sites is 1. The Morgan fingerprint density at radius 2 is 1.83 bits per heavy atom. The molecular formula is C18H18N4S2. The minimum atomic E-state index is 0.507. The van der Waals surface area contributed by atoms with Gasteiger partial charge >= 0.3 is 0 Å². The van der Waals surface area contributed by atoms with Gasteiger partial charge in [-0.2, -0.15) is 0 Å². The Morgan fingerprint density at radius 1 is 1.08 bits per heavy atom. The van der Waals surface area contributed by atoms with Gasteiger partial charge in [0, 0.05) is 16.6 Å². The zero-order valence-corrected chi connectivity index (χ0v) is 14.9. The Bertz CT molecular complexity index is 815. The fraction of sp³-hybridized carbons (Fsp3) is 0.111. The number of nitrogens with zero attached hydrogens (tertiary/aromatic N) is 1. The number of hydrogen-bond acceptors (Lipinski definition) is 4. The fourth-order valence-electron chi connectivity index (χ4n) is 2.29. The number of thiazole rings is 1. The highest BCUT2D eigenvalue weighted by Gasteiger charge is 2.05. The third-order valence-corrected chi connectivity index (χ3v) is 4.47. The Balaban J connectivity index is 1.58. The summed E-state index contributed by atoms with van der Waals surface area (Å²) in [6, 6.07) is 18.2. The van der Waals surface area contributed by atoms with E-state index in [0.717, 1.165) is 28.5 Å². The molecule has 0 aliphatic carbocycles. The number of thiocarbonyl (C=S) groups is 1. The summed E-state index contributed by atoms with van der Waals surface area (Å²) >= 11 is 6.86. The lowest BCUT2D eigenvalue weighted by atomic mass is 10.1. The van der Waals surface area contributed by atoms with Gasteiger partial charge < -0.3 is 5.32 Å². The molecule has 1 aromatic heterocycles. The van der Waals surface area contributed by atoms with E-state index in [9.17, 15) is 0 Å². The van der Waals surface area contributed by atoms with E-state index in [1.165, 1.54) is 16.9 Å². The largest absolute Gasteiger partial charge is 0.331 e. The van der Waals surface area contributed by atoms with E-state index in [4.69, 9.17) is 12.2 Å². The highest BCUT2D eigenvalue weighted by atomic mass is 32.1.